The van der Waals surface area contributed by atoms with Gasteiger partial charge in [0.1, 0.15) is 5.75 Å². The Bertz CT molecular complexity index is 579. The second kappa shape index (κ2) is 5.23. The topological polar surface area (TPSA) is 52.3 Å². The molecular formula is C14H12BrNO2. The molecule has 0 radical (unpaired) electrons. The first-order valence-corrected chi connectivity index (χ1v) is 6.15. The van der Waals surface area contributed by atoms with Gasteiger partial charge < -0.3 is 10.5 Å². The van der Waals surface area contributed by atoms with Gasteiger partial charge in [-0.25, -0.2) is 0 Å². The van der Waals surface area contributed by atoms with Gasteiger partial charge in [-0.05, 0) is 42.5 Å². The first kappa shape index (κ1) is 12.6. The van der Waals surface area contributed by atoms with Gasteiger partial charge in [0.2, 0.25) is 0 Å². The number of ether oxygens (including phenoxy) is 1. The molecule has 0 aliphatic rings. The molecule has 0 atom stereocenters. The standard InChI is InChI=1S/C14H12BrNO2/c1-18-11-5-2-9(3-6-11)14(17)12-8-10(16)4-7-13(12)15/h2-8H,16H2,1H3. The molecule has 2 N–H and O–H groups in total. The van der Waals surface area contributed by atoms with Gasteiger partial charge in [-0.2, -0.15) is 0 Å². The van der Waals surface area contributed by atoms with Gasteiger partial charge in [0.05, 0.1) is 7.11 Å². The van der Waals surface area contributed by atoms with E-state index in [-0.39, 0.29) is 5.78 Å². The van der Waals surface area contributed by atoms with Gasteiger partial charge in [-0.3, -0.25) is 4.79 Å². The average molecular weight is 306 g/mol. The molecule has 0 amide bonds. The van der Waals surface area contributed by atoms with Crippen LogP contribution < -0.4 is 10.5 Å². The third-order valence-corrected chi connectivity index (χ3v) is 3.28. The number of carbonyl (C=O) groups excluding carboxylic acids is 1. The minimum atomic E-state index is -0.0724. The van der Waals surface area contributed by atoms with Crippen molar-refractivity contribution in [1.82, 2.24) is 0 Å². The largest absolute Gasteiger partial charge is 0.497 e. The predicted octanol–water partition coefficient (Wildman–Crippen LogP) is 3.27. The maximum absolute atomic E-state index is 12.3. The number of anilines is 1. The number of halogens is 1. The second-order valence-corrected chi connectivity index (χ2v) is 4.65. The van der Waals surface area contributed by atoms with Crippen LogP contribution in [0.3, 0.4) is 0 Å². The van der Waals surface area contributed by atoms with E-state index in [1.54, 1.807) is 49.6 Å². The number of ketones is 1. The summed E-state index contributed by atoms with van der Waals surface area (Å²) in [7, 11) is 1.59. The molecule has 3 nitrogen and oxygen atoms in total. The van der Waals surface area contributed by atoms with E-state index in [4.69, 9.17) is 10.5 Å². The Morgan fingerprint density at radius 3 is 2.44 bits per heavy atom. The van der Waals surface area contributed by atoms with Crippen molar-refractivity contribution in [3.05, 3.63) is 58.1 Å². The number of hydrogen-bond donors (Lipinski definition) is 1. The lowest BCUT2D eigenvalue weighted by Crippen LogP contribution is -2.03. The Kier molecular flexibility index (Phi) is 3.67. The van der Waals surface area contributed by atoms with E-state index in [0.29, 0.717) is 16.8 Å². The van der Waals surface area contributed by atoms with Crippen LogP contribution in [-0.2, 0) is 0 Å². The van der Waals surface area contributed by atoms with Gasteiger partial charge in [-0.1, -0.05) is 15.9 Å². The zero-order chi connectivity index (χ0) is 13.1. The van der Waals surface area contributed by atoms with E-state index < -0.39 is 0 Å². The highest BCUT2D eigenvalue weighted by atomic mass is 79.9. The molecule has 0 aliphatic carbocycles. The van der Waals surface area contributed by atoms with Gasteiger partial charge in [-0.15, -0.1) is 0 Å². The minimum Gasteiger partial charge on any atom is -0.497 e. The van der Waals surface area contributed by atoms with Crippen LogP contribution in [0.4, 0.5) is 5.69 Å². The van der Waals surface area contributed by atoms with E-state index in [1.165, 1.54) is 0 Å². The summed E-state index contributed by atoms with van der Waals surface area (Å²) in [6.45, 7) is 0. The van der Waals surface area contributed by atoms with Crippen molar-refractivity contribution in [2.24, 2.45) is 0 Å². The normalized spacial score (nSPS) is 10.1. The monoisotopic (exact) mass is 305 g/mol. The number of methoxy groups -OCH3 is 1. The van der Waals surface area contributed by atoms with Crippen LogP contribution in [0.15, 0.2) is 46.9 Å². The summed E-state index contributed by atoms with van der Waals surface area (Å²) >= 11 is 3.36. The van der Waals surface area contributed by atoms with Crippen LogP contribution in [0.1, 0.15) is 15.9 Å². The summed E-state index contributed by atoms with van der Waals surface area (Å²) < 4.78 is 5.79. The molecule has 2 aromatic carbocycles. The zero-order valence-corrected chi connectivity index (χ0v) is 11.4. The van der Waals surface area contributed by atoms with Crippen molar-refractivity contribution < 1.29 is 9.53 Å². The molecule has 0 heterocycles. The first-order chi connectivity index (χ1) is 8.61. The molecule has 0 aromatic heterocycles. The minimum absolute atomic E-state index is 0.0724. The molecule has 18 heavy (non-hydrogen) atoms. The van der Waals surface area contributed by atoms with Crippen molar-refractivity contribution in [3.8, 4) is 5.75 Å². The molecule has 4 heteroatoms. The fourth-order valence-electron chi connectivity index (χ4n) is 1.61. The summed E-state index contributed by atoms with van der Waals surface area (Å²) in [4.78, 5) is 12.3. The highest BCUT2D eigenvalue weighted by Crippen LogP contribution is 2.23. The van der Waals surface area contributed by atoms with E-state index in [0.717, 1.165) is 10.2 Å². The summed E-state index contributed by atoms with van der Waals surface area (Å²) in [5.41, 5.74) is 7.42. The van der Waals surface area contributed by atoms with E-state index in [2.05, 4.69) is 15.9 Å². The molecule has 0 spiro atoms. The summed E-state index contributed by atoms with van der Waals surface area (Å²) in [6.07, 6.45) is 0. The van der Waals surface area contributed by atoms with Crippen LogP contribution in [0.25, 0.3) is 0 Å². The third kappa shape index (κ3) is 2.54. The average Bonchev–Trinajstić information content (AvgIpc) is 2.41. The van der Waals surface area contributed by atoms with Crippen LogP contribution in [0.5, 0.6) is 5.75 Å². The molecule has 0 saturated heterocycles. The molecule has 0 unspecified atom stereocenters. The third-order valence-electron chi connectivity index (χ3n) is 2.59. The van der Waals surface area contributed by atoms with E-state index >= 15 is 0 Å². The molecule has 2 rings (SSSR count). The Balaban J connectivity index is 2.38. The molecule has 0 saturated carbocycles. The highest BCUT2D eigenvalue weighted by molar-refractivity contribution is 9.10. The quantitative estimate of drug-likeness (QED) is 0.699. The van der Waals surface area contributed by atoms with Crippen molar-refractivity contribution >= 4 is 27.4 Å². The molecule has 0 bridgehead atoms. The van der Waals surface area contributed by atoms with E-state index in [1.807, 2.05) is 0 Å². The maximum atomic E-state index is 12.3. The van der Waals surface area contributed by atoms with Crippen LogP contribution in [0.2, 0.25) is 0 Å². The lowest BCUT2D eigenvalue weighted by Gasteiger charge is -2.06. The number of benzene rings is 2. The van der Waals surface area contributed by atoms with Gasteiger partial charge in [0.15, 0.2) is 5.78 Å². The Labute approximate surface area is 114 Å². The Morgan fingerprint density at radius 2 is 1.83 bits per heavy atom. The fraction of sp³-hybridized carbons (Fsp3) is 0.0714. The number of nitrogens with two attached hydrogens (primary N) is 1. The second-order valence-electron chi connectivity index (χ2n) is 3.80. The van der Waals surface area contributed by atoms with Crippen molar-refractivity contribution in [2.75, 3.05) is 12.8 Å². The lowest BCUT2D eigenvalue weighted by molar-refractivity contribution is 0.103. The van der Waals surface area contributed by atoms with Gasteiger partial charge >= 0.3 is 0 Å². The number of carbonyl (C=O) groups is 1. The Hall–Kier alpha value is -1.81. The molecule has 2 aromatic rings. The molecular weight excluding hydrogens is 294 g/mol. The molecule has 92 valence electrons. The number of nitrogen functional groups attached to an aromatic ring is 1. The van der Waals surface area contributed by atoms with Gasteiger partial charge in [0, 0.05) is 21.3 Å². The highest BCUT2D eigenvalue weighted by Gasteiger charge is 2.12. The van der Waals surface area contributed by atoms with Crippen molar-refractivity contribution in [3.63, 3.8) is 0 Å². The molecule has 0 aliphatic heterocycles. The maximum Gasteiger partial charge on any atom is 0.194 e. The predicted molar refractivity (Wildman–Crippen MR) is 75.0 cm³/mol. The Morgan fingerprint density at radius 1 is 1.17 bits per heavy atom. The van der Waals surface area contributed by atoms with E-state index in [9.17, 15) is 4.79 Å². The smallest absolute Gasteiger partial charge is 0.194 e. The first-order valence-electron chi connectivity index (χ1n) is 5.35. The zero-order valence-electron chi connectivity index (χ0n) is 9.81. The van der Waals surface area contributed by atoms with Crippen LogP contribution in [0, 0.1) is 0 Å². The lowest BCUT2D eigenvalue weighted by atomic mass is 10.0. The molecule has 0 fully saturated rings. The van der Waals surface area contributed by atoms with Crippen molar-refractivity contribution in [1.29, 1.82) is 0 Å². The summed E-state index contributed by atoms with van der Waals surface area (Å²) in [5, 5.41) is 0. The summed E-state index contributed by atoms with van der Waals surface area (Å²) in [5.74, 6) is 0.648. The van der Waals surface area contributed by atoms with Crippen molar-refractivity contribution in [2.45, 2.75) is 0 Å². The number of hydrogen-bond acceptors (Lipinski definition) is 3. The number of rotatable bonds is 3. The van der Waals surface area contributed by atoms with Crippen LogP contribution >= 0.6 is 15.9 Å². The van der Waals surface area contributed by atoms with Gasteiger partial charge in [0.25, 0.3) is 0 Å². The SMILES string of the molecule is COc1ccc(C(=O)c2cc(N)ccc2Br)cc1. The summed E-state index contributed by atoms with van der Waals surface area (Å²) in [6, 6.07) is 12.2. The van der Waals surface area contributed by atoms with Crippen LogP contribution in [-0.4, -0.2) is 12.9 Å². The fourth-order valence-corrected chi connectivity index (χ4v) is 2.04.